The van der Waals surface area contributed by atoms with Crippen LogP contribution in [0, 0.1) is 0 Å². The molecule has 0 saturated heterocycles. The molecule has 5 rings (SSSR count). The average molecular weight is 463 g/mol. The molecule has 1 aromatic heterocycles. The average Bonchev–Trinajstić information content (AvgIpc) is 3.19. The van der Waals surface area contributed by atoms with Crippen LogP contribution in [0.5, 0.6) is 5.75 Å². The van der Waals surface area contributed by atoms with E-state index in [0.717, 1.165) is 59.0 Å². The van der Waals surface area contributed by atoms with Gasteiger partial charge in [0.05, 0.1) is 16.4 Å². The van der Waals surface area contributed by atoms with Gasteiger partial charge in [0.15, 0.2) is 0 Å². The molecule has 1 amide bonds. The molecule has 1 heterocycles. The van der Waals surface area contributed by atoms with Gasteiger partial charge in [-0.2, -0.15) is 0 Å². The summed E-state index contributed by atoms with van der Waals surface area (Å²) in [6.45, 7) is 2.79. The van der Waals surface area contributed by atoms with Gasteiger partial charge in [-0.15, -0.1) is 0 Å². The Kier molecular flexibility index (Phi) is 6.28. The number of fused-ring (bicyclic) bond motifs is 3. The first-order valence-corrected chi connectivity index (χ1v) is 12.3. The lowest BCUT2D eigenvalue weighted by molar-refractivity contribution is 0.100. The number of rotatable bonds is 8. The number of nitrogens with zero attached hydrogens (tertiary/aromatic N) is 1. The maximum Gasteiger partial charge on any atom is 0.249 e. The summed E-state index contributed by atoms with van der Waals surface area (Å²) in [5, 5.41) is 12.6. The van der Waals surface area contributed by atoms with Gasteiger partial charge in [-0.05, 0) is 59.4 Å². The van der Waals surface area contributed by atoms with Crippen LogP contribution < -0.4 is 5.73 Å². The van der Waals surface area contributed by atoms with Crippen LogP contribution in [0.25, 0.3) is 32.9 Å². The summed E-state index contributed by atoms with van der Waals surface area (Å²) in [6, 6.07) is 28.4. The molecule has 176 valence electrons. The summed E-state index contributed by atoms with van der Waals surface area (Å²) in [5.41, 5.74) is 12.6. The number of amides is 1. The van der Waals surface area contributed by atoms with Gasteiger partial charge < -0.3 is 15.4 Å². The molecule has 5 aromatic rings. The van der Waals surface area contributed by atoms with Gasteiger partial charge >= 0.3 is 0 Å². The third kappa shape index (κ3) is 4.28. The number of aromatic nitrogens is 1. The molecule has 4 heteroatoms. The number of hydrogen-bond donors (Lipinski definition) is 2. The number of phenols is 1. The summed E-state index contributed by atoms with van der Waals surface area (Å²) in [4.78, 5) is 12.3. The molecule has 0 bridgehead atoms. The molecule has 0 saturated carbocycles. The zero-order chi connectivity index (χ0) is 24.4. The molecule has 3 N–H and O–H groups in total. The van der Waals surface area contributed by atoms with E-state index < -0.39 is 5.91 Å². The second-order valence-electron chi connectivity index (χ2n) is 9.14. The van der Waals surface area contributed by atoms with Crippen molar-refractivity contribution in [3.05, 3.63) is 102 Å². The molecule has 0 radical (unpaired) electrons. The Labute approximate surface area is 205 Å². The highest BCUT2D eigenvalue weighted by molar-refractivity contribution is 6.19. The van der Waals surface area contributed by atoms with Gasteiger partial charge in [-0.1, -0.05) is 80.4 Å². The van der Waals surface area contributed by atoms with Gasteiger partial charge in [0, 0.05) is 17.5 Å². The Balaban J connectivity index is 1.74. The van der Waals surface area contributed by atoms with Crippen LogP contribution in [-0.2, 0) is 13.0 Å². The second kappa shape index (κ2) is 9.67. The third-order valence-electron chi connectivity index (χ3n) is 6.80. The predicted molar refractivity (Wildman–Crippen MR) is 144 cm³/mol. The van der Waals surface area contributed by atoms with E-state index in [9.17, 15) is 9.90 Å². The summed E-state index contributed by atoms with van der Waals surface area (Å²) in [6.07, 6.45) is 4.28. The number of nitrogens with two attached hydrogens (primary N) is 1. The Morgan fingerprint density at radius 1 is 0.857 bits per heavy atom. The molecule has 0 aliphatic carbocycles. The van der Waals surface area contributed by atoms with Crippen molar-refractivity contribution in [3.63, 3.8) is 0 Å². The number of hydrogen-bond acceptors (Lipinski definition) is 2. The molecule has 0 aliphatic heterocycles. The fraction of sp³-hybridized carbons (Fsp3) is 0.194. The maximum absolute atomic E-state index is 12.3. The smallest absolute Gasteiger partial charge is 0.249 e. The molecule has 0 fully saturated rings. The number of carbonyl (C=O) groups is 1. The maximum atomic E-state index is 12.3. The van der Waals surface area contributed by atoms with Crippen LogP contribution in [0.15, 0.2) is 84.9 Å². The van der Waals surface area contributed by atoms with E-state index in [1.807, 2.05) is 36.4 Å². The monoisotopic (exact) mass is 462 g/mol. The molecule has 4 nitrogen and oxygen atoms in total. The fourth-order valence-corrected chi connectivity index (χ4v) is 5.12. The quantitative estimate of drug-likeness (QED) is 0.243. The molecule has 0 unspecified atom stereocenters. The van der Waals surface area contributed by atoms with E-state index in [0.29, 0.717) is 22.9 Å². The van der Waals surface area contributed by atoms with Crippen molar-refractivity contribution in [1.82, 2.24) is 4.57 Å². The number of benzene rings is 4. The Morgan fingerprint density at radius 3 is 2.40 bits per heavy atom. The van der Waals surface area contributed by atoms with Crippen molar-refractivity contribution < 1.29 is 9.90 Å². The minimum absolute atomic E-state index is 0.197. The van der Waals surface area contributed by atoms with Gasteiger partial charge in [0.2, 0.25) is 5.91 Å². The molecule has 0 atom stereocenters. The van der Waals surface area contributed by atoms with Crippen molar-refractivity contribution in [2.24, 2.45) is 5.73 Å². The minimum atomic E-state index is -0.495. The largest absolute Gasteiger partial charge is 0.507 e. The zero-order valence-corrected chi connectivity index (χ0v) is 20.0. The lowest BCUT2D eigenvalue weighted by atomic mass is 9.99. The number of aromatic hydroxyl groups is 1. The third-order valence-corrected chi connectivity index (χ3v) is 6.80. The number of primary amides is 1. The topological polar surface area (TPSA) is 68.2 Å². The van der Waals surface area contributed by atoms with Crippen molar-refractivity contribution in [2.75, 3.05) is 0 Å². The first-order valence-electron chi connectivity index (χ1n) is 12.3. The fourth-order valence-electron chi connectivity index (χ4n) is 5.12. The summed E-state index contributed by atoms with van der Waals surface area (Å²) >= 11 is 0. The van der Waals surface area contributed by atoms with Crippen LogP contribution in [0.4, 0.5) is 0 Å². The van der Waals surface area contributed by atoms with Gasteiger partial charge in [-0.25, -0.2) is 0 Å². The van der Waals surface area contributed by atoms with E-state index in [1.165, 1.54) is 0 Å². The molecule has 0 spiro atoms. The summed E-state index contributed by atoms with van der Waals surface area (Å²) < 4.78 is 2.21. The highest BCUT2D eigenvalue weighted by atomic mass is 16.3. The number of aryl methyl sites for hydroxylation is 1. The van der Waals surface area contributed by atoms with Crippen molar-refractivity contribution in [3.8, 4) is 16.9 Å². The molecule has 0 aliphatic rings. The number of phenolic OH excluding ortho intramolecular Hbond substituents is 1. The Bertz CT molecular complexity index is 1520. The van der Waals surface area contributed by atoms with Crippen LogP contribution in [0.3, 0.4) is 0 Å². The van der Waals surface area contributed by atoms with Gasteiger partial charge in [0.25, 0.3) is 0 Å². The Morgan fingerprint density at radius 2 is 1.63 bits per heavy atom. The van der Waals surface area contributed by atoms with E-state index in [2.05, 4.69) is 54.0 Å². The zero-order valence-electron chi connectivity index (χ0n) is 20.0. The van der Waals surface area contributed by atoms with Crippen molar-refractivity contribution in [2.45, 2.75) is 39.2 Å². The Hall–Kier alpha value is -4.05. The first kappa shape index (κ1) is 22.7. The van der Waals surface area contributed by atoms with Gasteiger partial charge in [0.1, 0.15) is 5.75 Å². The molecular formula is C31H30N2O2. The minimum Gasteiger partial charge on any atom is -0.507 e. The number of unbranched alkanes of at least 4 members (excludes halogenated alkanes) is 2. The predicted octanol–water partition coefficient (Wildman–Crippen LogP) is 7.05. The summed E-state index contributed by atoms with van der Waals surface area (Å²) in [7, 11) is 0. The molecule has 35 heavy (non-hydrogen) atoms. The van der Waals surface area contributed by atoms with Crippen LogP contribution in [-0.4, -0.2) is 15.6 Å². The van der Waals surface area contributed by atoms with Crippen molar-refractivity contribution >= 4 is 27.7 Å². The summed E-state index contributed by atoms with van der Waals surface area (Å²) in [5.74, 6) is -0.298. The SMILES string of the molecule is CCCCCc1cc(O)c2c3c(C(N)=O)cccc3n(Cc3ccccc3-c3ccccc3)c2c1. The van der Waals surface area contributed by atoms with E-state index >= 15 is 0 Å². The lowest BCUT2D eigenvalue weighted by Crippen LogP contribution is -2.11. The van der Waals surface area contributed by atoms with Crippen molar-refractivity contribution in [1.29, 1.82) is 0 Å². The normalized spacial score (nSPS) is 11.3. The van der Waals surface area contributed by atoms with Crippen LogP contribution in [0.2, 0.25) is 0 Å². The second-order valence-corrected chi connectivity index (χ2v) is 9.14. The van der Waals surface area contributed by atoms with E-state index in [-0.39, 0.29) is 5.75 Å². The van der Waals surface area contributed by atoms with Crippen LogP contribution >= 0.6 is 0 Å². The number of carbonyl (C=O) groups excluding carboxylic acids is 1. The molecule has 4 aromatic carbocycles. The molecular weight excluding hydrogens is 432 g/mol. The standard InChI is InChI=1S/C31H30N2O2/c1-2-3-5-11-21-18-27-30(28(34)19-21)29-25(31(32)35)16-10-17-26(29)33(27)20-23-14-8-9-15-24(23)22-12-6-4-7-13-22/h4,6-10,12-19,34H,2-3,5,11,20H2,1H3,(H2,32,35). The van der Waals surface area contributed by atoms with Gasteiger partial charge in [-0.3, -0.25) is 4.79 Å². The lowest BCUT2D eigenvalue weighted by Gasteiger charge is -2.14. The van der Waals surface area contributed by atoms with E-state index in [1.54, 1.807) is 6.07 Å². The first-order chi connectivity index (χ1) is 17.1. The van der Waals surface area contributed by atoms with E-state index in [4.69, 9.17) is 5.73 Å². The highest BCUT2D eigenvalue weighted by Crippen LogP contribution is 2.39. The highest BCUT2D eigenvalue weighted by Gasteiger charge is 2.20. The van der Waals surface area contributed by atoms with Crippen LogP contribution in [0.1, 0.15) is 47.7 Å².